The third-order valence-corrected chi connectivity index (χ3v) is 5.66. The summed E-state index contributed by atoms with van der Waals surface area (Å²) in [5, 5.41) is 3.42. The Morgan fingerprint density at radius 3 is 2.72 bits per heavy atom. The van der Waals surface area contributed by atoms with E-state index in [-0.39, 0.29) is 11.7 Å². The number of hydrogen-bond donors (Lipinski definition) is 1. The molecule has 0 saturated carbocycles. The third kappa shape index (κ3) is 4.50. The van der Waals surface area contributed by atoms with Crippen molar-refractivity contribution in [3.05, 3.63) is 53.1 Å². The van der Waals surface area contributed by atoms with Crippen molar-refractivity contribution < 1.29 is 14.3 Å². The second kappa shape index (κ2) is 7.86. The van der Waals surface area contributed by atoms with Gasteiger partial charge >= 0.3 is 5.97 Å². The molecule has 1 amide bonds. The summed E-state index contributed by atoms with van der Waals surface area (Å²) in [6.45, 7) is 0. The van der Waals surface area contributed by atoms with Crippen LogP contribution in [0, 0.1) is 0 Å². The molecule has 1 aromatic heterocycles. The maximum Gasteiger partial charge on any atom is 0.337 e. The van der Waals surface area contributed by atoms with Crippen molar-refractivity contribution in [3.63, 3.8) is 0 Å². The number of hydrogen-bond acceptors (Lipinski definition) is 6. The number of nitrogens with zero attached hydrogens (tertiary/aromatic N) is 1. The fraction of sp³-hybridized carbons (Fsp3) is 0.118. The second-order valence-electron chi connectivity index (χ2n) is 5.00. The molecule has 0 atom stereocenters. The van der Waals surface area contributed by atoms with Gasteiger partial charge in [0.05, 0.1) is 28.6 Å². The molecule has 0 fully saturated rings. The lowest BCUT2D eigenvalue weighted by Gasteiger charge is -2.05. The maximum atomic E-state index is 12.1. The number of carbonyl (C=O) groups is 2. The van der Waals surface area contributed by atoms with Crippen LogP contribution >= 0.6 is 34.7 Å². The van der Waals surface area contributed by atoms with Crippen LogP contribution in [-0.2, 0) is 9.53 Å². The first-order valence-corrected chi connectivity index (χ1v) is 9.40. The van der Waals surface area contributed by atoms with Gasteiger partial charge in [0.25, 0.3) is 0 Å². The summed E-state index contributed by atoms with van der Waals surface area (Å²) in [6.07, 6.45) is 0. The van der Waals surface area contributed by atoms with E-state index in [1.54, 1.807) is 30.3 Å². The Bertz CT molecular complexity index is 925. The largest absolute Gasteiger partial charge is 0.465 e. The van der Waals surface area contributed by atoms with Gasteiger partial charge in [0.15, 0.2) is 4.34 Å². The minimum atomic E-state index is -0.413. The maximum absolute atomic E-state index is 12.1. The summed E-state index contributed by atoms with van der Waals surface area (Å²) in [7, 11) is 1.32. The molecule has 0 spiro atoms. The minimum absolute atomic E-state index is 0.145. The Morgan fingerprint density at radius 1 is 1.24 bits per heavy atom. The van der Waals surface area contributed by atoms with Gasteiger partial charge in [0.1, 0.15) is 0 Å². The van der Waals surface area contributed by atoms with Gasteiger partial charge in [0.2, 0.25) is 5.91 Å². The van der Waals surface area contributed by atoms with Gasteiger partial charge in [-0.05, 0) is 42.5 Å². The van der Waals surface area contributed by atoms with E-state index in [0.717, 1.165) is 14.6 Å². The molecule has 0 bridgehead atoms. The topological polar surface area (TPSA) is 68.3 Å². The molecule has 0 aliphatic carbocycles. The first-order valence-electron chi connectivity index (χ1n) is 7.22. The quantitative estimate of drug-likeness (QED) is 0.512. The number of aromatic nitrogens is 1. The Kier molecular flexibility index (Phi) is 5.57. The molecule has 3 rings (SSSR count). The van der Waals surface area contributed by atoms with Crippen LogP contribution in [-0.4, -0.2) is 29.7 Å². The number of esters is 1. The van der Waals surface area contributed by atoms with E-state index in [1.807, 2.05) is 12.1 Å². The van der Waals surface area contributed by atoms with Crippen LogP contribution in [0.5, 0.6) is 0 Å². The molecule has 0 aliphatic heterocycles. The summed E-state index contributed by atoms with van der Waals surface area (Å²) in [4.78, 5) is 27.9. The van der Waals surface area contributed by atoms with Crippen molar-refractivity contribution in [3.8, 4) is 0 Å². The van der Waals surface area contributed by atoms with Gasteiger partial charge in [-0.15, -0.1) is 11.3 Å². The molecule has 5 nitrogen and oxygen atoms in total. The first kappa shape index (κ1) is 17.7. The summed E-state index contributed by atoms with van der Waals surface area (Å²) < 4.78 is 6.48. The zero-order valence-corrected chi connectivity index (χ0v) is 15.5. The van der Waals surface area contributed by atoms with Crippen LogP contribution in [0.1, 0.15) is 10.4 Å². The molecule has 8 heteroatoms. The van der Waals surface area contributed by atoms with Gasteiger partial charge < -0.3 is 10.1 Å². The van der Waals surface area contributed by atoms with Crippen molar-refractivity contribution in [1.82, 2.24) is 4.98 Å². The lowest BCUT2D eigenvalue weighted by atomic mass is 10.2. The van der Waals surface area contributed by atoms with Gasteiger partial charge in [-0.25, -0.2) is 9.78 Å². The normalized spacial score (nSPS) is 10.6. The number of rotatable bonds is 5. The molecule has 1 N–H and O–H groups in total. The molecule has 0 radical (unpaired) electrons. The smallest absolute Gasteiger partial charge is 0.337 e. The van der Waals surface area contributed by atoms with Gasteiger partial charge in [-0.3, -0.25) is 4.79 Å². The molecule has 3 aromatic rings. The highest BCUT2D eigenvalue weighted by Crippen LogP contribution is 2.31. The third-order valence-electron chi connectivity index (χ3n) is 3.25. The Morgan fingerprint density at radius 2 is 2.00 bits per heavy atom. The summed E-state index contributed by atoms with van der Waals surface area (Å²) in [5.41, 5.74) is 1.89. The highest BCUT2D eigenvalue weighted by atomic mass is 35.5. The number of fused-ring (bicyclic) bond motifs is 1. The van der Waals surface area contributed by atoms with Gasteiger partial charge in [-0.2, -0.15) is 0 Å². The number of anilines is 1. The number of ether oxygens (including phenoxy) is 1. The first-order chi connectivity index (χ1) is 12.0. The standard InChI is InChI=1S/C17H13ClN2O3S2/c1-23-16(22)10-2-5-12(6-3-10)19-15(21)9-24-17-20-13-8-11(18)4-7-14(13)25-17/h2-8H,9H2,1H3,(H,19,21). The van der Waals surface area contributed by atoms with Crippen molar-refractivity contribution >= 4 is 62.5 Å². The van der Waals surface area contributed by atoms with Crippen molar-refractivity contribution in [2.24, 2.45) is 0 Å². The van der Waals surface area contributed by atoms with E-state index in [9.17, 15) is 9.59 Å². The average molecular weight is 393 g/mol. The highest BCUT2D eigenvalue weighted by Gasteiger charge is 2.09. The number of benzene rings is 2. The Hall–Kier alpha value is -2.09. The number of halogens is 1. The molecule has 2 aromatic carbocycles. The van der Waals surface area contributed by atoms with E-state index in [1.165, 1.54) is 30.2 Å². The molecule has 128 valence electrons. The van der Waals surface area contributed by atoms with Crippen molar-refractivity contribution in [2.45, 2.75) is 4.34 Å². The van der Waals surface area contributed by atoms with Crippen LogP contribution < -0.4 is 5.32 Å². The van der Waals surface area contributed by atoms with E-state index in [0.29, 0.717) is 16.3 Å². The van der Waals surface area contributed by atoms with Crippen LogP contribution in [0.3, 0.4) is 0 Å². The second-order valence-corrected chi connectivity index (χ2v) is 7.69. The zero-order chi connectivity index (χ0) is 17.8. The fourth-order valence-electron chi connectivity index (χ4n) is 2.07. The number of carbonyl (C=O) groups excluding carboxylic acids is 2. The van der Waals surface area contributed by atoms with Gasteiger partial charge in [0, 0.05) is 10.7 Å². The predicted molar refractivity (Wildman–Crippen MR) is 102 cm³/mol. The van der Waals surface area contributed by atoms with E-state index < -0.39 is 5.97 Å². The Balaban J connectivity index is 1.57. The predicted octanol–water partition coefficient (Wildman–Crippen LogP) is 4.47. The minimum Gasteiger partial charge on any atom is -0.465 e. The molecule has 0 aliphatic rings. The number of thiazole rings is 1. The molecule has 25 heavy (non-hydrogen) atoms. The van der Waals surface area contributed by atoms with E-state index in [2.05, 4.69) is 15.0 Å². The Labute approximate surface area is 157 Å². The molecule has 0 unspecified atom stereocenters. The van der Waals surface area contributed by atoms with Gasteiger partial charge in [-0.1, -0.05) is 23.4 Å². The lowest BCUT2D eigenvalue weighted by Crippen LogP contribution is -2.14. The number of thioether (sulfide) groups is 1. The lowest BCUT2D eigenvalue weighted by molar-refractivity contribution is -0.113. The number of amides is 1. The highest BCUT2D eigenvalue weighted by molar-refractivity contribution is 8.01. The number of nitrogens with one attached hydrogen (secondary N) is 1. The monoisotopic (exact) mass is 392 g/mol. The molecule has 1 heterocycles. The van der Waals surface area contributed by atoms with E-state index >= 15 is 0 Å². The molecular formula is C17H13ClN2O3S2. The summed E-state index contributed by atoms with van der Waals surface area (Å²) >= 11 is 8.84. The van der Waals surface area contributed by atoms with Crippen LogP contribution in [0.25, 0.3) is 10.2 Å². The fourth-order valence-corrected chi connectivity index (χ4v) is 4.09. The van der Waals surface area contributed by atoms with Crippen LogP contribution in [0.15, 0.2) is 46.8 Å². The van der Waals surface area contributed by atoms with E-state index in [4.69, 9.17) is 11.6 Å². The summed E-state index contributed by atoms with van der Waals surface area (Å²) in [5.74, 6) is -0.316. The SMILES string of the molecule is COC(=O)c1ccc(NC(=O)CSc2nc3cc(Cl)ccc3s2)cc1. The van der Waals surface area contributed by atoms with Crippen molar-refractivity contribution in [1.29, 1.82) is 0 Å². The number of methoxy groups -OCH3 is 1. The zero-order valence-electron chi connectivity index (χ0n) is 13.1. The average Bonchev–Trinajstić information content (AvgIpc) is 3.02. The summed E-state index contributed by atoms with van der Waals surface area (Å²) in [6, 6.07) is 12.1. The van der Waals surface area contributed by atoms with Crippen LogP contribution in [0.2, 0.25) is 5.02 Å². The molecular weight excluding hydrogens is 380 g/mol. The van der Waals surface area contributed by atoms with Crippen molar-refractivity contribution in [2.75, 3.05) is 18.2 Å². The molecule has 0 saturated heterocycles. The van der Waals surface area contributed by atoms with Crippen LogP contribution in [0.4, 0.5) is 5.69 Å².